The Morgan fingerprint density at radius 3 is 2.21 bits per heavy atom. The van der Waals surface area contributed by atoms with Crippen LogP contribution >= 0.6 is 12.4 Å². The lowest BCUT2D eigenvalue weighted by Gasteiger charge is -2.31. The molecule has 0 atom stereocenters. The molecule has 0 spiro atoms. The van der Waals surface area contributed by atoms with Gasteiger partial charge < -0.3 is 20.7 Å². The molecule has 1 saturated heterocycles. The van der Waals surface area contributed by atoms with Gasteiger partial charge >= 0.3 is 0 Å². The minimum atomic E-state index is -0.881. The Labute approximate surface area is 149 Å². The van der Waals surface area contributed by atoms with Gasteiger partial charge in [-0.3, -0.25) is 9.59 Å². The Bertz CT molecular complexity index is 553. The fourth-order valence-electron chi connectivity index (χ4n) is 2.61. The second-order valence-electron chi connectivity index (χ2n) is 5.78. The van der Waals surface area contributed by atoms with Crippen LogP contribution in [0.15, 0.2) is 24.3 Å². The van der Waals surface area contributed by atoms with Gasteiger partial charge in [0, 0.05) is 37.6 Å². The molecule has 0 unspecified atom stereocenters. The lowest BCUT2D eigenvalue weighted by atomic mass is 9.90. The molecule has 6 nitrogen and oxygen atoms in total. The maximum Gasteiger partial charge on any atom is 0.253 e. The molecule has 0 aromatic heterocycles. The Morgan fingerprint density at radius 2 is 1.71 bits per heavy atom. The van der Waals surface area contributed by atoms with Gasteiger partial charge in [0.2, 0.25) is 5.91 Å². The summed E-state index contributed by atoms with van der Waals surface area (Å²) in [6, 6.07) is 6.92. The van der Waals surface area contributed by atoms with Gasteiger partial charge in [-0.05, 0) is 51.0 Å². The molecule has 1 aromatic rings. The number of ether oxygens (including phenoxy) is 1. The fourth-order valence-corrected chi connectivity index (χ4v) is 2.61. The van der Waals surface area contributed by atoms with Crippen molar-refractivity contribution in [1.29, 1.82) is 0 Å². The van der Waals surface area contributed by atoms with E-state index in [2.05, 4.69) is 5.32 Å². The minimum Gasteiger partial charge on any atom is -0.381 e. The molecule has 2 rings (SSSR count). The van der Waals surface area contributed by atoms with Crippen LogP contribution in [0.2, 0.25) is 0 Å². The summed E-state index contributed by atoms with van der Waals surface area (Å²) in [6.07, 6.45) is 1.02. The highest BCUT2D eigenvalue weighted by Crippen LogP contribution is 2.20. The van der Waals surface area contributed by atoms with Gasteiger partial charge in [0.1, 0.15) is 5.54 Å². The highest BCUT2D eigenvalue weighted by atomic mass is 35.5. The van der Waals surface area contributed by atoms with Gasteiger partial charge in [0.05, 0.1) is 0 Å². The van der Waals surface area contributed by atoms with Crippen molar-refractivity contribution in [1.82, 2.24) is 4.90 Å². The lowest BCUT2D eigenvalue weighted by molar-refractivity contribution is -0.124. The minimum absolute atomic E-state index is 0. The van der Waals surface area contributed by atoms with Crippen LogP contribution in [0.4, 0.5) is 5.69 Å². The summed E-state index contributed by atoms with van der Waals surface area (Å²) in [5.41, 5.74) is 6.52. The van der Waals surface area contributed by atoms with Crippen LogP contribution < -0.4 is 11.1 Å². The van der Waals surface area contributed by atoms with Gasteiger partial charge in [0.25, 0.3) is 5.91 Å². The Hall–Kier alpha value is -1.63. The highest BCUT2D eigenvalue weighted by molar-refractivity contribution is 5.99. The number of amides is 2. The summed E-state index contributed by atoms with van der Waals surface area (Å²) in [7, 11) is 0. The number of hydrogen-bond acceptors (Lipinski definition) is 4. The van der Waals surface area contributed by atoms with Crippen LogP contribution in [0.1, 0.15) is 37.0 Å². The summed E-state index contributed by atoms with van der Waals surface area (Å²) in [5.74, 6) is -0.212. The molecular weight excluding hydrogens is 330 g/mol. The Balaban J connectivity index is 0.00000288. The number of carbonyl (C=O) groups excluding carboxylic acids is 2. The third kappa shape index (κ3) is 4.69. The van der Waals surface area contributed by atoms with Crippen LogP contribution in [0.5, 0.6) is 0 Å². The molecule has 0 radical (unpaired) electrons. The van der Waals surface area contributed by atoms with Crippen LogP contribution in [0.3, 0.4) is 0 Å². The van der Waals surface area contributed by atoms with E-state index in [1.807, 2.05) is 13.8 Å². The third-order valence-corrected chi connectivity index (χ3v) is 4.28. The second-order valence-corrected chi connectivity index (χ2v) is 5.78. The van der Waals surface area contributed by atoms with Crippen molar-refractivity contribution >= 4 is 29.9 Å². The Kier molecular flexibility index (Phi) is 7.66. The smallest absolute Gasteiger partial charge is 0.253 e. The standard InChI is InChI=1S/C17H25N3O3.ClH/c1-3-20(4-2)15(21)13-5-7-14(8-6-13)19-16(22)17(18)9-11-23-12-10-17;/h5-8H,3-4,9-12,18H2,1-2H3,(H,19,22);1H. The van der Waals surface area contributed by atoms with Crippen molar-refractivity contribution < 1.29 is 14.3 Å². The zero-order valence-corrected chi connectivity index (χ0v) is 15.0. The van der Waals surface area contributed by atoms with Crippen molar-refractivity contribution in [3.05, 3.63) is 29.8 Å². The molecule has 134 valence electrons. The van der Waals surface area contributed by atoms with Crippen molar-refractivity contribution in [3.63, 3.8) is 0 Å². The first-order valence-electron chi connectivity index (χ1n) is 8.07. The molecule has 0 saturated carbocycles. The Morgan fingerprint density at radius 1 is 1.17 bits per heavy atom. The summed E-state index contributed by atoms with van der Waals surface area (Å²) >= 11 is 0. The molecule has 3 N–H and O–H groups in total. The second kappa shape index (κ2) is 9.01. The molecule has 0 bridgehead atoms. The third-order valence-electron chi connectivity index (χ3n) is 4.28. The molecule has 1 aliphatic rings. The van der Waals surface area contributed by atoms with Crippen LogP contribution in [-0.2, 0) is 9.53 Å². The van der Waals surface area contributed by atoms with Crippen LogP contribution in [0, 0.1) is 0 Å². The topological polar surface area (TPSA) is 84.7 Å². The number of hydrogen-bond donors (Lipinski definition) is 2. The lowest BCUT2D eigenvalue weighted by Crippen LogP contribution is -2.54. The zero-order chi connectivity index (χ0) is 16.9. The summed E-state index contributed by atoms with van der Waals surface area (Å²) in [4.78, 5) is 26.3. The maximum atomic E-state index is 12.3. The molecule has 2 amide bonds. The molecule has 24 heavy (non-hydrogen) atoms. The molecule has 0 aliphatic carbocycles. The number of halogens is 1. The number of carbonyl (C=O) groups is 2. The number of nitrogens with one attached hydrogen (secondary N) is 1. The van der Waals surface area contributed by atoms with E-state index in [1.54, 1.807) is 29.2 Å². The van der Waals surface area contributed by atoms with E-state index >= 15 is 0 Å². The number of nitrogens with zero attached hydrogens (tertiary/aromatic N) is 1. The van der Waals surface area contributed by atoms with Gasteiger partial charge in [-0.2, -0.15) is 0 Å². The molecule has 1 aliphatic heterocycles. The molecule has 1 fully saturated rings. The predicted octanol–water partition coefficient (Wildman–Crippen LogP) is 2.04. The molecule has 1 aromatic carbocycles. The first-order chi connectivity index (χ1) is 11.0. The maximum absolute atomic E-state index is 12.3. The van der Waals surface area contributed by atoms with E-state index in [4.69, 9.17) is 10.5 Å². The summed E-state index contributed by atoms with van der Waals surface area (Å²) < 4.78 is 5.25. The SMILES string of the molecule is CCN(CC)C(=O)c1ccc(NC(=O)C2(N)CCOCC2)cc1.Cl. The molecule has 7 heteroatoms. The predicted molar refractivity (Wildman–Crippen MR) is 96.5 cm³/mol. The number of anilines is 1. The van der Waals surface area contributed by atoms with E-state index in [0.717, 1.165) is 0 Å². The monoisotopic (exact) mass is 355 g/mol. The number of benzene rings is 1. The summed E-state index contributed by atoms with van der Waals surface area (Å²) in [5, 5.41) is 2.83. The summed E-state index contributed by atoms with van der Waals surface area (Å²) in [6.45, 7) is 6.24. The normalized spacial score (nSPS) is 16.0. The van der Waals surface area contributed by atoms with E-state index < -0.39 is 5.54 Å². The number of nitrogens with two attached hydrogens (primary N) is 1. The van der Waals surface area contributed by atoms with Crippen LogP contribution in [-0.4, -0.2) is 48.6 Å². The zero-order valence-electron chi connectivity index (χ0n) is 14.2. The van der Waals surface area contributed by atoms with E-state index in [9.17, 15) is 9.59 Å². The van der Waals surface area contributed by atoms with E-state index in [1.165, 1.54) is 0 Å². The fraction of sp³-hybridized carbons (Fsp3) is 0.529. The molecule has 1 heterocycles. The average molecular weight is 356 g/mol. The largest absolute Gasteiger partial charge is 0.381 e. The van der Waals surface area contributed by atoms with Gasteiger partial charge in [0.15, 0.2) is 0 Å². The van der Waals surface area contributed by atoms with E-state index in [0.29, 0.717) is 50.4 Å². The average Bonchev–Trinajstić information content (AvgIpc) is 2.57. The van der Waals surface area contributed by atoms with Gasteiger partial charge in [-0.25, -0.2) is 0 Å². The van der Waals surface area contributed by atoms with Crippen LogP contribution in [0.25, 0.3) is 0 Å². The highest BCUT2D eigenvalue weighted by Gasteiger charge is 2.35. The first kappa shape index (κ1) is 20.4. The van der Waals surface area contributed by atoms with Crippen molar-refractivity contribution in [2.75, 3.05) is 31.6 Å². The van der Waals surface area contributed by atoms with E-state index in [-0.39, 0.29) is 24.2 Å². The van der Waals surface area contributed by atoms with Crippen molar-refractivity contribution in [3.8, 4) is 0 Å². The van der Waals surface area contributed by atoms with Crippen molar-refractivity contribution in [2.45, 2.75) is 32.2 Å². The van der Waals surface area contributed by atoms with Gasteiger partial charge in [-0.15, -0.1) is 12.4 Å². The molecular formula is C17H26ClN3O3. The first-order valence-corrected chi connectivity index (χ1v) is 8.07. The van der Waals surface area contributed by atoms with Crippen molar-refractivity contribution in [2.24, 2.45) is 5.73 Å². The van der Waals surface area contributed by atoms with Gasteiger partial charge in [-0.1, -0.05) is 0 Å². The quantitative estimate of drug-likeness (QED) is 0.846. The number of rotatable bonds is 5.